The molecule has 1 saturated heterocycles. The van der Waals surface area contributed by atoms with Crippen LogP contribution in [0.1, 0.15) is 36.3 Å². The van der Waals surface area contributed by atoms with Crippen LogP contribution >= 0.6 is 0 Å². The van der Waals surface area contributed by atoms with E-state index in [1.165, 1.54) is 0 Å². The Hall–Kier alpha value is -2.47. The number of nitrogens with two attached hydrogens (primary N) is 1. The van der Waals surface area contributed by atoms with Crippen LogP contribution in [0.2, 0.25) is 0 Å². The molecule has 1 aromatic carbocycles. The first kappa shape index (κ1) is 17.4. The fraction of sp³-hybridized carbons (Fsp3) is 0.421. The van der Waals surface area contributed by atoms with Crippen molar-refractivity contribution in [3.05, 3.63) is 47.7 Å². The lowest BCUT2D eigenvalue weighted by molar-refractivity contribution is 0.0533. The zero-order valence-electron chi connectivity index (χ0n) is 15.0. The van der Waals surface area contributed by atoms with E-state index in [9.17, 15) is 4.79 Å². The number of carbonyl (C=O) groups excluding carboxylic acids is 1. The molecule has 2 heterocycles. The molecule has 0 spiro atoms. The van der Waals surface area contributed by atoms with Crippen molar-refractivity contribution in [3.8, 4) is 0 Å². The van der Waals surface area contributed by atoms with Crippen LogP contribution in [-0.4, -0.2) is 40.1 Å². The molecular weight excluding hydrogens is 314 g/mol. The summed E-state index contributed by atoms with van der Waals surface area (Å²) in [7, 11) is 0. The average Bonchev–Trinajstić information content (AvgIpc) is 2.59. The second kappa shape index (κ2) is 6.80. The molecule has 1 amide bonds. The summed E-state index contributed by atoms with van der Waals surface area (Å²) in [5, 5.41) is 11.3. The van der Waals surface area contributed by atoms with Crippen molar-refractivity contribution in [1.82, 2.24) is 15.1 Å². The van der Waals surface area contributed by atoms with Crippen LogP contribution in [0.5, 0.6) is 0 Å². The Labute approximate surface area is 148 Å². The molecule has 2 aromatic rings. The molecule has 0 radical (unpaired) electrons. The number of nitrogens with one attached hydrogen (secondary N) is 1. The fourth-order valence-corrected chi connectivity index (χ4v) is 3.07. The minimum Gasteiger partial charge on any atom is -0.339 e. The number of likely N-dealkylation sites (tertiary alicyclic amines) is 1. The van der Waals surface area contributed by atoms with Gasteiger partial charge in [-0.05, 0) is 49.1 Å². The number of hydrogen-bond donors (Lipinski definition) is 2. The van der Waals surface area contributed by atoms with Crippen LogP contribution in [0.25, 0.3) is 0 Å². The van der Waals surface area contributed by atoms with Crippen molar-refractivity contribution in [2.24, 2.45) is 11.1 Å². The van der Waals surface area contributed by atoms with Crippen molar-refractivity contribution in [2.45, 2.75) is 33.2 Å². The summed E-state index contributed by atoms with van der Waals surface area (Å²) in [5.41, 5.74) is 8.45. The summed E-state index contributed by atoms with van der Waals surface area (Å²) < 4.78 is 0. The highest BCUT2D eigenvalue weighted by Crippen LogP contribution is 2.29. The largest absolute Gasteiger partial charge is 0.339 e. The quantitative estimate of drug-likeness (QED) is 0.898. The molecule has 6 nitrogen and oxygen atoms in total. The first-order chi connectivity index (χ1) is 11.8. The van der Waals surface area contributed by atoms with Gasteiger partial charge < -0.3 is 16.0 Å². The maximum Gasteiger partial charge on any atom is 0.253 e. The predicted molar refractivity (Wildman–Crippen MR) is 98.8 cm³/mol. The molecule has 6 heteroatoms. The molecular formula is C19H25N5O. The van der Waals surface area contributed by atoms with E-state index in [1.807, 2.05) is 48.2 Å². The smallest absolute Gasteiger partial charge is 0.253 e. The van der Waals surface area contributed by atoms with Gasteiger partial charge in [0.1, 0.15) is 0 Å². The Bertz CT molecular complexity index is 757. The van der Waals surface area contributed by atoms with Crippen molar-refractivity contribution in [1.29, 1.82) is 0 Å². The number of rotatable bonds is 3. The van der Waals surface area contributed by atoms with Gasteiger partial charge in [-0.25, -0.2) is 0 Å². The minimum atomic E-state index is -0.0682. The molecule has 0 aliphatic carbocycles. The maximum absolute atomic E-state index is 12.9. The summed E-state index contributed by atoms with van der Waals surface area (Å²) in [6.45, 7) is 7.50. The highest BCUT2D eigenvalue weighted by atomic mass is 16.2. The number of carbonyl (C=O) groups is 1. The number of amides is 1. The van der Waals surface area contributed by atoms with Crippen LogP contribution in [-0.2, 0) is 0 Å². The monoisotopic (exact) mass is 339 g/mol. The minimum absolute atomic E-state index is 0.0404. The van der Waals surface area contributed by atoms with E-state index in [0.717, 1.165) is 17.8 Å². The van der Waals surface area contributed by atoms with E-state index >= 15 is 0 Å². The average molecular weight is 339 g/mol. The van der Waals surface area contributed by atoms with Gasteiger partial charge >= 0.3 is 0 Å². The Morgan fingerprint density at radius 1 is 1.28 bits per heavy atom. The molecule has 3 rings (SSSR count). The number of aryl methyl sites for hydroxylation is 1. The third-order valence-corrected chi connectivity index (χ3v) is 4.78. The zero-order chi connectivity index (χ0) is 18.0. The summed E-state index contributed by atoms with van der Waals surface area (Å²) >= 11 is 0. The predicted octanol–water partition coefficient (Wildman–Crippen LogP) is 2.73. The number of piperidine rings is 1. The molecule has 0 bridgehead atoms. The Morgan fingerprint density at radius 2 is 2.08 bits per heavy atom. The van der Waals surface area contributed by atoms with Crippen LogP contribution in [0.4, 0.5) is 11.5 Å². The Balaban J connectivity index is 1.74. The molecule has 132 valence electrons. The second-order valence-corrected chi connectivity index (χ2v) is 7.38. The molecule has 1 aromatic heterocycles. The fourth-order valence-electron chi connectivity index (χ4n) is 3.07. The van der Waals surface area contributed by atoms with Crippen molar-refractivity contribution in [3.63, 3.8) is 0 Å². The third-order valence-electron chi connectivity index (χ3n) is 4.78. The number of hydrogen-bond acceptors (Lipinski definition) is 5. The van der Waals surface area contributed by atoms with Crippen molar-refractivity contribution < 1.29 is 4.79 Å². The van der Waals surface area contributed by atoms with Crippen LogP contribution in [0, 0.1) is 12.3 Å². The lowest BCUT2D eigenvalue weighted by Gasteiger charge is -2.42. The van der Waals surface area contributed by atoms with E-state index < -0.39 is 0 Å². The molecule has 3 N–H and O–H groups in total. The van der Waals surface area contributed by atoms with Gasteiger partial charge in [0.05, 0.1) is 5.69 Å². The van der Waals surface area contributed by atoms with Gasteiger partial charge in [-0.3, -0.25) is 4.79 Å². The van der Waals surface area contributed by atoms with Gasteiger partial charge in [0.2, 0.25) is 0 Å². The Kier molecular flexibility index (Phi) is 4.72. The van der Waals surface area contributed by atoms with Gasteiger partial charge in [-0.2, -0.15) is 5.10 Å². The van der Waals surface area contributed by atoms with E-state index in [4.69, 9.17) is 5.73 Å². The maximum atomic E-state index is 12.9. The standard InChI is InChI=1S/C19H25N5O/c1-13-7-8-17(23-22-13)21-15-6-4-5-14(11-15)18(25)24-10-9-16(20)19(2,3)12-24/h4-8,11,16H,9-10,12,20H2,1-3H3,(H,21,23). The van der Waals surface area contributed by atoms with Gasteiger partial charge in [0, 0.05) is 30.4 Å². The molecule has 1 aliphatic rings. The third kappa shape index (κ3) is 3.96. The molecule has 0 saturated carbocycles. The first-order valence-electron chi connectivity index (χ1n) is 8.57. The number of anilines is 2. The zero-order valence-corrected chi connectivity index (χ0v) is 15.0. The van der Waals surface area contributed by atoms with Crippen molar-refractivity contribution >= 4 is 17.4 Å². The van der Waals surface area contributed by atoms with E-state index in [1.54, 1.807) is 0 Å². The Morgan fingerprint density at radius 3 is 2.76 bits per heavy atom. The normalized spacial score (nSPS) is 19.5. The van der Waals surface area contributed by atoms with Gasteiger partial charge in [-0.1, -0.05) is 19.9 Å². The second-order valence-electron chi connectivity index (χ2n) is 7.38. The lowest BCUT2D eigenvalue weighted by Crippen LogP contribution is -2.54. The van der Waals surface area contributed by atoms with Gasteiger partial charge in [-0.15, -0.1) is 5.10 Å². The highest BCUT2D eigenvalue weighted by Gasteiger charge is 2.35. The van der Waals surface area contributed by atoms with E-state index in [0.29, 0.717) is 24.5 Å². The number of benzene rings is 1. The summed E-state index contributed by atoms with van der Waals surface area (Å²) in [4.78, 5) is 14.8. The van der Waals surface area contributed by atoms with Crippen LogP contribution < -0.4 is 11.1 Å². The van der Waals surface area contributed by atoms with Crippen LogP contribution in [0.3, 0.4) is 0 Å². The topological polar surface area (TPSA) is 84.1 Å². The SMILES string of the molecule is Cc1ccc(Nc2cccc(C(=O)N3CCC(N)C(C)(C)C3)c2)nn1. The van der Waals surface area contributed by atoms with E-state index in [-0.39, 0.29) is 17.4 Å². The molecule has 1 atom stereocenters. The molecule has 1 unspecified atom stereocenters. The van der Waals surface area contributed by atoms with E-state index in [2.05, 4.69) is 29.4 Å². The highest BCUT2D eigenvalue weighted by molar-refractivity contribution is 5.95. The van der Waals surface area contributed by atoms with Crippen LogP contribution in [0.15, 0.2) is 36.4 Å². The molecule has 1 aliphatic heterocycles. The van der Waals surface area contributed by atoms with Crippen molar-refractivity contribution in [2.75, 3.05) is 18.4 Å². The molecule has 1 fully saturated rings. The molecule has 25 heavy (non-hydrogen) atoms. The summed E-state index contributed by atoms with van der Waals surface area (Å²) in [6, 6.07) is 11.4. The summed E-state index contributed by atoms with van der Waals surface area (Å²) in [6.07, 6.45) is 0.829. The lowest BCUT2D eigenvalue weighted by atomic mass is 9.79. The number of aromatic nitrogens is 2. The first-order valence-corrected chi connectivity index (χ1v) is 8.57. The summed E-state index contributed by atoms with van der Waals surface area (Å²) in [5.74, 6) is 0.693. The van der Waals surface area contributed by atoms with Gasteiger partial charge in [0.15, 0.2) is 5.82 Å². The van der Waals surface area contributed by atoms with Gasteiger partial charge in [0.25, 0.3) is 5.91 Å². The number of nitrogens with zero attached hydrogens (tertiary/aromatic N) is 3.